The summed E-state index contributed by atoms with van der Waals surface area (Å²) in [7, 11) is 1.48. The van der Waals surface area contributed by atoms with E-state index in [1.165, 1.54) is 29.9 Å². The number of aromatic nitrogens is 1. The number of methoxy groups -OCH3 is 1. The maximum absolute atomic E-state index is 13.7. The molecule has 1 aliphatic heterocycles. The van der Waals surface area contributed by atoms with Crippen LogP contribution in [0.1, 0.15) is 43.5 Å². The zero-order valence-electron chi connectivity index (χ0n) is 20.7. The Balaban J connectivity index is 1.90. The average Bonchev–Trinajstić information content (AvgIpc) is 3.13. The number of fused-ring (bicyclic) bond motifs is 1. The first-order chi connectivity index (χ1) is 17.2. The number of carbonyl (C=O) groups excluding carboxylic acids is 2. The Morgan fingerprint density at radius 2 is 1.83 bits per heavy atom. The second-order valence-electron chi connectivity index (χ2n) is 8.22. The van der Waals surface area contributed by atoms with Gasteiger partial charge in [0.1, 0.15) is 0 Å². The van der Waals surface area contributed by atoms with Crippen molar-refractivity contribution in [1.82, 2.24) is 4.57 Å². The first kappa shape index (κ1) is 25.1. The van der Waals surface area contributed by atoms with Crippen LogP contribution in [0.4, 0.5) is 0 Å². The zero-order chi connectivity index (χ0) is 26.0. The van der Waals surface area contributed by atoms with Crippen LogP contribution in [0.15, 0.2) is 63.5 Å². The minimum absolute atomic E-state index is 0.211. The highest BCUT2D eigenvalue weighted by atomic mass is 32.1. The Kier molecular flexibility index (Phi) is 7.21. The van der Waals surface area contributed by atoms with E-state index in [0.717, 1.165) is 11.1 Å². The van der Waals surface area contributed by atoms with Gasteiger partial charge in [-0.3, -0.25) is 14.2 Å². The lowest BCUT2D eigenvalue weighted by Crippen LogP contribution is -2.39. The summed E-state index contributed by atoms with van der Waals surface area (Å²) < 4.78 is 17.8. The molecule has 9 heteroatoms. The highest BCUT2D eigenvalue weighted by Gasteiger charge is 2.33. The number of aryl methyl sites for hydroxylation is 1. The first-order valence-corrected chi connectivity index (χ1v) is 12.2. The van der Waals surface area contributed by atoms with Gasteiger partial charge in [-0.1, -0.05) is 47.2 Å². The van der Waals surface area contributed by atoms with Crippen LogP contribution in [-0.2, 0) is 14.3 Å². The second-order valence-corrected chi connectivity index (χ2v) is 9.23. The van der Waals surface area contributed by atoms with Gasteiger partial charge in [-0.25, -0.2) is 9.79 Å². The highest BCUT2D eigenvalue weighted by Crippen LogP contribution is 2.31. The number of ether oxygens (including phenoxy) is 3. The molecule has 8 nitrogen and oxygen atoms in total. The van der Waals surface area contributed by atoms with Crippen molar-refractivity contribution in [3.8, 4) is 11.5 Å². The summed E-state index contributed by atoms with van der Waals surface area (Å²) in [5, 5.41) is 0. The predicted octanol–water partition coefficient (Wildman–Crippen LogP) is 3.04. The van der Waals surface area contributed by atoms with E-state index in [2.05, 4.69) is 4.99 Å². The third-order valence-corrected chi connectivity index (χ3v) is 6.63. The molecule has 186 valence electrons. The molecule has 0 aliphatic carbocycles. The van der Waals surface area contributed by atoms with Gasteiger partial charge in [0, 0.05) is 6.92 Å². The summed E-state index contributed by atoms with van der Waals surface area (Å²) in [6, 6.07) is 12.1. The van der Waals surface area contributed by atoms with E-state index in [9.17, 15) is 14.4 Å². The molecule has 3 aromatic rings. The molecule has 1 aromatic heterocycles. The number of hydrogen-bond acceptors (Lipinski definition) is 8. The SMILES string of the molecule is CCOC(=O)C1=C(C)N=c2s/c(=C/c3ccc(OC)c(OC(C)=O)c3)c(=O)n2[C@H]1c1ccc(C)cc1. The number of rotatable bonds is 6. The van der Waals surface area contributed by atoms with E-state index in [1.807, 2.05) is 31.2 Å². The summed E-state index contributed by atoms with van der Waals surface area (Å²) >= 11 is 1.22. The predicted molar refractivity (Wildman–Crippen MR) is 136 cm³/mol. The van der Waals surface area contributed by atoms with Crippen molar-refractivity contribution in [2.45, 2.75) is 33.7 Å². The fraction of sp³-hybridized carbons (Fsp3) is 0.259. The Hall–Kier alpha value is -3.98. The fourth-order valence-electron chi connectivity index (χ4n) is 4.02. The summed E-state index contributed by atoms with van der Waals surface area (Å²) in [4.78, 5) is 43.2. The van der Waals surface area contributed by atoms with Gasteiger partial charge >= 0.3 is 11.9 Å². The topological polar surface area (TPSA) is 96.2 Å². The third-order valence-electron chi connectivity index (χ3n) is 5.65. The fourth-order valence-corrected chi connectivity index (χ4v) is 5.07. The second kappa shape index (κ2) is 10.3. The molecule has 0 unspecified atom stereocenters. The van der Waals surface area contributed by atoms with Crippen LogP contribution in [0.3, 0.4) is 0 Å². The molecular formula is C27H26N2O6S. The first-order valence-electron chi connectivity index (χ1n) is 11.4. The van der Waals surface area contributed by atoms with Crippen molar-refractivity contribution in [2.24, 2.45) is 4.99 Å². The monoisotopic (exact) mass is 506 g/mol. The molecular weight excluding hydrogens is 480 g/mol. The van der Waals surface area contributed by atoms with Gasteiger partial charge < -0.3 is 14.2 Å². The highest BCUT2D eigenvalue weighted by molar-refractivity contribution is 7.07. The molecule has 0 saturated carbocycles. The molecule has 0 N–H and O–H groups in total. The molecule has 0 bridgehead atoms. The number of thiazole rings is 1. The molecule has 0 amide bonds. The van der Waals surface area contributed by atoms with Gasteiger partial charge in [0.15, 0.2) is 16.3 Å². The maximum atomic E-state index is 13.7. The van der Waals surface area contributed by atoms with E-state index >= 15 is 0 Å². The Labute approximate surface area is 211 Å². The lowest BCUT2D eigenvalue weighted by atomic mass is 9.95. The van der Waals surface area contributed by atoms with E-state index in [4.69, 9.17) is 14.2 Å². The van der Waals surface area contributed by atoms with Gasteiger partial charge in [-0.2, -0.15) is 0 Å². The smallest absolute Gasteiger partial charge is 0.338 e. The molecule has 2 heterocycles. The Morgan fingerprint density at radius 3 is 2.47 bits per heavy atom. The van der Waals surface area contributed by atoms with Gasteiger partial charge in [0.05, 0.1) is 35.6 Å². The molecule has 0 saturated heterocycles. The lowest BCUT2D eigenvalue weighted by molar-refractivity contribution is -0.139. The number of carbonyl (C=O) groups is 2. The molecule has 1 atom stereocenters. The van der Waals surface area contributed by atoms with Crippen molar-refractivity contribution < 1.29 is 23.8 Å². The third kappa shape index (κ3) is 4.87. The van der Waals surface area contributed by atoms with Gasteiger partial charge in [0.2, 0.25) is 0 Å². The average molecular weight is 507 g/mol. The minimum atomic E-state index is -0.671. The zero-order valence-corrected chi connectivity index (χ0v) is 21.5. The van der Waals surface area contributed by atoms with E-state index in [0.29, 0.717) is 31.9 Å². The summed E-state index contributed by atoms with van der Waals surface area (Å²) in [6.45, 7) is 6.98. The summed E-state index contributed by atoms with van der Waals surface area (Å²) in [6.07, 6.45) is 1.70. The molecule has 0 fully saturated rings. The summed E-state index contributed by atoms with van der Waals surface area (Å²) in [5.41, 5.74) is 3.04. The molecule has 2 aromatic carbocycles. The standard InChI is InChI=1S/C27H26N2O6S/c1-6-34-26(32)23-16(3)28-27-29(24(23)19-10-7-15(2)8-11-19)25(31)22(36-27)14-18-9-12-20(33-5)21(13-18)35-17(4)30/h7-14,24H,6H2,1-5H3/b22-14+/t24-/m0/s1. The minimum Gasteiger partial charge on any atom is -0.493 e. The normalized spacial score (nSPS) is 15.2. The van der Waals surface area contributed by atoms with Crippen LogP contribution in [0, 0.1) is 6.92 Å². The quantitative estimate of drug-likeness (QED) is 0.377. The summed E-state index contributed by atoms with van der Waals surface area (Å²) in [5.74, 6) is -0.327. The maximum Gasteiger partial charge on any atom is 0.338 e. The molecule has 36 heavy (non-hydrogen) atoms. The van der Waals surface area contributed by atoms with Crippen LogP contribution < -0.4 is 24.4 Å². The number of allylic oxidation sites excluding steroid dienone is 1. The Bertz CT molecular complexity index is 1550. The number of benzene rings is 2. The number of hydrogen-bond donors (Lipinski definition) is 0. The molecule has 0 spiro atoms. The van der Waals surface area contributed by atoms with Crippen LogP contribution in [0.5, 0.6) is 11.5 Å². The van der Waals surface area contributed by atoms with Crippen LogP contribution in [0.25, 0.3) is 6.08 Å². The van der Waals surface area contributed by atoms with Crippen molar-refractivity contribution in [3.05, 3.63) is 90.1 Å². The van der Waals surface area contributed by atoms with Crippen LogP contribution in [0.2, 0.25) is 0 Å². The van der Waals surface area contributed by atoms with Crippen LogP contribution in [-0.4, -0.2) is 30.2 Å². The Morgan fingerprint density at radius 1 is 1.11 bits per heavy atom. The number of esters is 2. The van der Waals surface area contributed by atoms with Crippen molar-refractivity contribution in [3.63, 3.8) is 0 Å². The largest absolute Gasteiger partial charge is 0.493 e. The van der Waals surface area contributed by atoms with E-state index < -0.39 is 18.0 Å². The number of nitrogens with zero attached hydrogens (tertiary/aromatic N) is 2. The van der Waals surface area contributed by atoms with Crippen molar-refractivity contribution >= 4 is 29.4 Å². The van der Waals surface area contributed by atoms with E-state index in [-0.39, 0.29) is 17.9 Å². The van der Waals surface area contributed by atoms with Gasteiger partial charge in [-0.15, -0.1) is 0 Å². The van der Waals surface area contributed by atoms with Crippen molar-refractivity contribution in [2.75, 3.05) is 13.7 Å². The molecule has 4 rings (SSSR count). The van der Waals surface area contributed by atoms with Crippen LogP contribution >= 0.6 is 11.3 Å². The van der Waals surface area contributed by atoms with E-state index in [1.54, 1.807) is 38.1 Å². The molecule has 0 radical (unpaired) electrons. The van der Waals surface area contributed by atoms with Gasteiger partial charge in [-0.05, 0) is 50.1 Å². The lowest BCUT2D eigenvalue weighted by Gasteiger charge is -2.24. The van der Waals surface area contributed by atoms with Gasteiger partial charge in [0.25, 0.3) is 5.56 Å². The molecule has 1 aliphatic rings. The van der Waals surface area contributed by atoms with Crippen molar-refractivity contribution in [1.29, 1.82) is 0 Å².